The Bertz CT molecular complexity index is 511. The highest BCUT2D eigenvalue weighted by atomic mass is 32.2. The summed E-state index contributed by atoms with van der Waals surface area (Å²) in [6.45, 7) is 0.748. The normalized spacial score (nSPS) is 18.4. The number of H-pyrrole nitrogens is 1. The van der Waals surface area contributed by atoms with Gasteiger partial charge >= 0.3 is 0 Å². The molecule has 2 rings (SSSR count). The van der Waals surface area contributed by atoms with Crippen molar-refractivity contribution in [3.8, 4) is 0 Å². The van der Waals surface area contributed by atoms with E-state index in [1.807, 2.05) is 0 Å². The van der Waals surface area contributed by atoms with Gasteiger partial charge in [0.1, 0.15) is 0 Å². The van der Waals surface area contributed by atoms with Crippen molar-refractivity contribution in [2.75, 3.05) is 6.54 Å². The van der Waals surface area contributed by atoms with Gasteiger partial charge in [0.2, 0.25) is 0 Å². The lowest BCUT2D eigenvalue weighted by atomic mass is 10.3. The van der Waals surface area contributed by atoms with Crippen LogP contribution in [0.2, 0.25) is 0 Å². The number of nitrogens with two attached hydrogens (primary N) is 1. The average Bonchev–Trinajstić information content (AvgIpc) is 2.50. The Morgan fingerprint density at radius 3 is 2.71 bits per heavy atom. The minimum atomic E-state index is -3.09. The molecule has 7 heteroatoms. The second-order valence-corrected chi connectivity index (χ2v) is 5.41. The molecular formula is C7H11N3O3S. The first kappa shape index (κ1) is 9.47. The van der Waals surface area contributed by atoms with Crippen LogP contribution in [-0.2, 0) is 27.9 Å². The topological polar surface area (TPSA) is 97.9 Å². The molecule has 0 radical (unpaired) electrons. The fourth-order valence-corrected chi connectivity index (χ4v) is 3.14. The standard InChI is InChI=1S/C7H11N3O3S/c8-1-2-10-7(11)5-3-14(12,13)4-6(5)9-10/h9H,1-4,8H2. The van der Waals surface area contributed by atoms with Crippen molar-refractivity contribution in [1.29, 1.82) is 0 Å². The van der Waals surface area contributed by atoms with Crippen LogP contribution < -0.4 is 11.3 Å². The number of rotatable bonds is 2. The minimum absolute atomic E-state index is 0.0604. The van der Waals surface area contributed by atoms with E-state index in [1.165, 1.54) is 4.68 Å². The molecular weight excluding hydrogens is 206 g/mol. The van der Waals surface area contributed by atoms with Gasteiger partial charge in [0.25, 0.3) is 5.56 Å². The van der Waals surface area contributed by atoms with Crippen LogP contribution in [-0.4, -0.2) is 24.7 Å². The van der Waals surface area contributed by atoms with Crippen LogP contribution in [0, 0.1) is 0 Å². The fraction of sp³-hybridized carbons (Fsp3) is 0.571. The molecule has 0 saturated carbocycles. The first-order chi connectivity index (χ1) is 6.53. The summed E-state index contributed by atoms with van der Waals surface area (Å²) < 4.78 is 23.7. The lowest BCUT2D eigenvalue weighted by Crippen LogP contribution is -2.24. The predicted octanol–water partition coefficient (Wildman–Crippen LogP) is -1.44. The van der Waals surface area contributed by atoms with Crippen molar-refractivity contribution in [2.45, 2.75) is 18.1 Å². The van der Waals surface area contributed by atoms with Gasteiger partial charge in [-0.25, -0.2) is 8.42 Å². The van der Waals surface area contributed by atoms with Crippen molar-refractivity contribution >= 4 is 9.84 Å². The Hall–Kier alpha value is -1.08. The largest absolute Gasteiger partial charge is 0.329 e. The fourth-order valence-electron chi connectivity index (χ4n) is 1.62. The molecule has 2 heterocycles. The third-order valence-corrected chi connectivity index (χ3v) is 3.68. The van der Waals surface area contributed by atoms with Gasteiger partial charge < -0.3 is 5.73 Å². The van der Waals surface area contributed by atoms with Crippen molar-refractivity contribution in [2.24, 2.45) is 5.73 Å². The summed E-state index contributed by atoms with van der Waals surface area (Å²) in [5, 5.41) is 2.76. The van der Waals surface area contributed by atoms with E-state index in [0.29, 0.717) is 24.3 Å². The maximum atomic E-state index is 11.6. The molecule has 0 aliphatic carbocycles. The Labute approximate surface area is 80.6 Å². The van der Waals surface area contributed by atoms with Gasteiger partial charge in [0.15, 0.2) is 9.84 Å². The molecule has 0 aromatic carbocycles. The number of sulfone groups is 1. The molecule has 0 spiro atoms. The molecule has 6 nitrogen and oxygen atoms in total. The zero-order valence-electron chi connectivity index (χ0n) is 7.49. The van der Waals surface area contributed by atoms with Crippen LogP contribution in [0.5, 0.6) is 0 Å². The third-order valence-electron chi connectivity index (χ3n) is 2.22. The lowest BCUT2D eigenvalue weighted by molar-refractivity contribution is 0.585. The van der Waals surface area contributed by atoms with Crippen molar-refractivity contribution in [1.82, 2.24) is 9.78 Å². The van der Waals surface area contributed by atoms with Crippen LogP contribution >= 0.6 is 0 Å². The molecule has 3 N–H and O–H groups in total. The molecule has 0 fully saturated rings. The highest BCUT2D eigenvalue weighted by Crippen LogP contribution is 2.19. The Morgan fingerprint density at radius 1 is 1.43 bits per heavy atom. The lowest BCUT2D eigenvalue weighted by Gasteiger charge is -1.98. The van der Waals surface area contributed by atoms with E-state index in [1.54, 1.807) is 0 Å². The molecule has 0 atom stereocenters. The van der Waals surface area contributed by atoms with Gasteiger partial charge in [0, 0.05) is 6.54 Å². The van der Waals surface area contributed by atoms with Crippen LogP contribution in [0.4, 0.5) is 0 Å². The first-order valence-corrected chi connectivity index (χ1v) is 6.06. The molecule has 78 valence electrons. The summed E-state index contributed by atoms with van der Waals surface area (Å²) in [5.74, 6) is -0.204. The molecule has 1 aliphatic rings. The number of nitrogens with one attached hydrogen (secondary N) is 1. The molecule has 1 aliphatic heterocycles. The van der Waals surface area contributed by atoms with Gasteiger partial charge in [-0.05, 0) is 0 Å². The van der Waals surface area contributed by atoms with Gasteiger partial charge in [-0.1, -0.05) is 0 Å². The monoisotopic (exact) mass is 217 g/mol. The van der Waals surface area contributed by atoms with Gasteiger partial charge in [-0.3, -0.25) is 14.6 Å². The molecule has 0 unspecified atom stereocenters. The van der Waals surface area contributed by atoms with E-state index in [-0.39, 0.29) is 17.1 Å². The molecule has 0 amide bonds. The second kappa shape index (κ2) is 2.96. The summed E-state index contributed by atoms with van der Waals surface area (Å²) in [4.78, 5) is 11.6. The van der Waals surface area contributed by atoms with Crippen LogP contribution in [0.15, 0.2) is 4.79 Å². The molecule has 14 heavy (non-hydrogen) atoms. The Kier molecular flexibility index (Phi) is 2.00. The SMILES string of the molecule is NCCn1[nH]c2c(c1=O)CS(=O)(=O)C2. The summed E-state index contributed by atoms with van der Waals surface area (Å²) >= 11 is 0. The van der Waals surface area contributed by atoms with E-state index < -0.39 is 9.84 Å². The number of fused-ring (bicyclic) bond motifs is 1. The van der Waals surface area contributed by atoms with Crippen LogP contribution in [0.3, 0.4) is 0 Å². The number of nitrogens with zero attached hydrogens (tertiary/aromatic N) is 1. The summed E-state index contributed by atoms with van der Waals surface area (Å²) in [6.07, 6.45) is 0. The number of aromatic nitrogens is 2. The number of hydrogen-bond donors (Lipinski definition) is 2. The van der Waals surface area contributed by atoms with Crippen molar-refractivity contribution < 1.29 is 8.42 Å². The summed E-state index contributed by atoms with van der Waals surface area (Å²) in [5.41, 5.74) is 5.94. The molecule has 1 aromatic rings. The smallest absolute Gasteiger partial charge is 0.271 e. The zero-order chi connectivity index (χ0) is 10.3. The predicted molar refractivity (Wildman–Crippen MR) is 50.4 cm³/mol. The van der Waals surface area contributed by atoms with Crippen molar-refractivity contribution in [3.63, 3.8) is 0 Å². The number of hydrogen-bond acceptors (Lipinski definition) is 4. The molecule has 1 aromatic heterocycles. The van der Waals surface area contributed by atoms with Crippen LogP contribution in [0.25, 0.3) is 0 Å². The highest BCUT2D eigenvalue weighted by Gasteiger charge is 2.30. The second-order valence-electron chi connectivity index (χ2n) is 3.35. The molecule has 0 saturated heterocycles. The molecule has 0 bridgehead atoms. The van der Waals surface area contributed by atoms with E-state index in [9.17, 15) is 13.2 Å². The summed E-state index contributed by atoms with van der Waals surface area (Å²) in [6, 6.07) is 0. The number of aromatic amines is 1. The summed E-state index contributed by atoms with van der Waals surface area (Å²) in [7, 11) is -3.09. The Morgan fingerprint density at radius 2 is 2.14 bits per heavy atom. The minimum Gasteiger partial charge on any atom is -0.329 e. The quantitative estimate of drug-likeness (QED) is 0.634. The van der Waals surface area contributed by atoms with Gasteiger partial charge in [-0.15, -0.1) is 0 Å². The van der Waals surface area contributed by atoms with Gasteiger partial charge in [0.05, 0.1) is 29.3 Å². The zero-order valence-corrected chi connectivity index (χ0v) is 8.30. The van der Waals surface area contributed by atoms with E-state index in [2.05, 4.69) is 5.10 Å². The maximum Gasteiger partial charge on any atom is 0.271 e. The first-order valence-electron chi connectivity index (χ1n) is 4.24. The van der Waals surface area contributed by atoms with E-state index in [0.717, 1.165) is 0 Å². The third kappa shape index (κ3) is 1.38. The highest BCUT2D eigenvalue weighted by molar-refractivity contribution is 7.90. The maximum absolute atomic E-state index is 11.6. The van der Waals surface area contributed by atoms with Crippen molar-refractivity contribution in [3.05, 3.63) is 21.6 Å². The van der Waals surface area contributed by atoms with E-state index >= 15 is 0 Å². The Balaban J connectivity index is 2.46. The average molecular weight is 217 g/mol. The van der Waals surface area contributed by atoms with Crippen LogP contribution in [0.1, 0.15) is 11.3 Å². The van der Waals surface area contributed by atoms with E-state index in [4.69, 9.17) is 5.73 Å². The van der Waals surface area contributed by atoms with Gasteiger partial charge in [-0.2, -0.15) is 0 Å².